The van der Waals surface area contributed by atoms with E-state index in [1.54, 1.807) is 6.07 Å². The number of hydrogen-bond acceptors (Lipinski definition) is 5. The van der Waals surface area contributed by atoms with Crippen LogP contribution in [-0.4, -0.2) is 29.0 Å². The summed E-state index contributed by atoms with van der Waals surface area (Å²) in [5.74, 6) is -1.57. The minimum atomic E-state index is -0.853. The Labute approximate surface area is 126 Å². The van der Waals surface area contributed by atoms with E-state index in [9.17, 15) is 19.7 Å². The van der Waals surface area contributed by atoms with Crippen molar-refractivity contribution in [2.75, 3.05) is 0 Å². The van der Waals surface area contributed by atoms with Crippen LogP contribution in [0.4, 0.5) is 5.69 Å². The smallest absolute Gasteiger partial charge is 0.329 e. The van der Waals surface area contributed by atoms with Gasteiger partial charge in [-0.1, -0.05) is 25.0 Å². The van der Waals surface area contributed by atoms with E-state index in [1.165, 1.54) is 24.4 Å². The average Bonchev–Trinajstić information content (AvgIpc) is 3.00. The lowest BCUT2D eigenvalue weighted by atomic mass is 10.2. The van der Waals surface area contributed by atoms with Crippen molar-refractivity contribution in [3.63, 3.8) is 0 Å². The monoisotopic (exact) mass is 304 g/mol. The van der Waals surface area contributed by atoms with Crippen LogP contribution in [0, 0.1) is 10.1 Å². The quantitative estimate of drug-likeness (QED) is 0.375. The third-order valence-corrected chi connectivity index (χ3v) is 3.36. The van der Waals surface area contributed by atoms with Crippen molar-refractivity contribution in [3.05, 3.63) is 39.9 Å². The van der Waals surface area contributed by atoms with Crippen LogP contribution in [0.15, 0.2) is 29.4 Å². The highest BCUT2D eigenvalue weighted by atomic mass is 16.6. The van der Waals surface area contributed by atoms with Gasteiger partial charge in [0.1, 0.15) is 0 Å². The predicted molar refractivity (Wildman–Crippen MR) is 79.2 cm³/mol. The molecular formula is C14H16N4O4. The largest absolute Gasteiger partial charge is 0.345 e. The first-order chi connectivity index (χ1) is 10.6. The number of nitro groups is 1. The minimum absolute atomic E-state index is 0.0546. The van der Waals surface area contributed by atoms with Crippen LogP contribution in [0.2, 0.25) is 0 Å². The predicted octanol–water partition coefficient (Wildman–Crippen LogP) is 1.10. The van der Waals surface area contributed by atoms with E-state index in [0.717, 1.165) is 25.7 Å². The molecule has 22 heavy (non-hydrogen) atoms. The Bertz CT molecular complexity index is 609. The summed E-state index contributed by atoms with van der Waals surface area (Å²) >= 11 is 0. The maximum absolute atomic E-state index is 11.6. The lowest BCUT2D eigenvalue weighted by molar-refractivity contribution is -0.384. The number of carbonyl (C=O) groups is 2. The third kappa shape index (κ3) is 4.37. The molecule has 2 amide bonds. The highest BCUT2D eigenvalue weighted by Crippen LogP contribution is 2.17. The fraction of sp³-hybridized carbons (Fsp3) is 0.357. The van der Waals surface area contributed by atoms with E-state index < -0.39 is 16.7 Å². The number of nitro benzene ring substituents is 1. The fourth-order valence-electron chi connectivity index (χ4n) is 2.26. The zero-order valence-electron chi connectivity index (χ0n) is 11.8. The van der Waals surface area contributed by atoms with Crippen LogP contribution < -0.4 is 10.7 Å². The molecule has 2 N–H and O–H groups in total. The summed E-state index contributed by atoms with van der Waals surface area (Å²) in [6, 6.07) is 5.83. The van der Waals surface area contributed by atoms with E-state index in [1.807, 2.05) is 0 Å². The minimum Gasteiger partial charge on any atom is -0.345 e. The second-order valence-corrected chi connectivity index (χ2v) is 5.01. The van der Waals surface area contributed by atoms with Gasteiger partial charge in [-0.2, -0.15) is 5.10 Å². The number of nitrogens with one attached hydrogen (secondary N) is 2. The van der Waals surface area contributed by atoms with Gasteiger partial charge in [0.25, 0.3) is 5.69 Å². The van der Waals surface area contributed by atoms with Crippen molar-refractivity contribution < 1.29 is 14.5 Å². The van der Waals surface area contributed by atoms with Gasteiger partial charge < -0.3 is 5.32 Å². The van der Waals surface area contributed by atoms with Crippen LogP contribution in [0.25, 0.3) is 0 Å². The summed E-state index contributed by atoms with van der Waals surface area (Å²) in [5.41, 5.74) is 2.48. The molecule has 8 nitrogen and oxygen atoms in total. The molecule has 0 radical (unpaired) electrons. The van der Waals surface area contributed by atoms with E-state index in [2.05, 4.69) is 15.8 Å². The number of non-ortho nitro benzene ring substituents is 1. The molecule has 116 valence electrons. The van der Waals surface area contributed by atoms with Crippen LogP contribution >= 0.6 is 0 Å². The summed E-state index contributed by atoms with van der Waals surface area (Å²) in [6.07, 6.45) is 5.12. The molecule has 0 aromatic heterocycles. The van der Waals surface area contributed by atoms with E-state index in [0.29, 0.717) is 5.56 Å². The Morgan fingerprint density at radius 2 is 2.00 bits per heavy atom. The standard InChI is InChI=1S/C14H16N4O4/c19-13(16-11-5-1-2-6-11)14(20)17-15-9-10-4-3-7-12(8-10)18(21)22/h3-4,7-9,11H,1-2,5-6H2,(H,16,19)(H,17,20)/b15-9-. The summed E-state index contributed by atoms with van der Waals surface area (Å²) in [4.78, 5) is 33.3. The molecule has 1 saturated carbocycles. The van der Waals surface area contributed by atoms with Crippen LogP contribution in [-0.2, 0) is 9.59 Å². The highest BCUT2D eigenvalue weighted by molar-refractivity contribution is 6.35. The molecular weight excluding hydrogens is 288 g/mol. The second kappa shape index (κ2) is 7.30. The van der Waals surface area contributed by atoms with Crippen LogP contribution in [0.3, 0.4) is 0 Å². The molecule has 1 aromatic rings. The van der Waals surface area contributed by atoms with Gasteiger partial charge in [-0.05, 0) is 12.8 Å². The summed E-state index contributed by atoms with van der Waals surface area (Å²) in [6.45, 7) is 0. The first-order valence-electron chi connectivity index (χ1n) is 6.94. The van der Waals surface area contributed by atoms with Gasteiger partial charge in [-0.3, -0.25) is 19.7 Å². The van der Waals surface area contributed by atoms with Crippen LogP contribution in [0.5, 0.6) is 0 Å². The molecule has 0 heterocycles. The zero-order valence-corrected chi connectivity index (χ0v) is 11.8. The molecule has 0 bridgehead atoms. The Morgan fingerprint density at radius 3 is 2.68 bits per heavy atom. The molecule has 1 aliphatic carbocycles. The van der Waals surface area contributed by atoms with E-state index in [4.69, 9.17) is 0 Å². The Morgan fingerprint density at radius 1 is 1.27 bits per heavy atom. The molecule has 0 spiro atoms. The van der Waals surface area contributed by atoms with Gasteiger partial charge >= 0.3 is 11.8 Å². The molecule has 0 saturated heterocycles. The molecule has 1 aromatic carbocycles. The number of rotatable bonds is 4. The number of nitrogens with zero attached hydrogens (tertiary/aromatic N) is 2. The van der Waals surface area contributed by atoms with E-state index >= 15 is 0 Å². The van der Waals surface area contributed by atoms with E-state index in [-0.39, 0.29) is 11.7 Å². The van der Waals surface area contributed by atoms with Crippen molar-refractivity contribution in [1.29, 1.82) is 0 Å². The number of benzene rings is 1. The number of carbonyl (C=O) groups excluding carboxylic acids is 2. The van der Waals surface area contributed by atoms with Gasteiger partial charge in [0.2, 0.25) is 0 Å². The summed E-state index contributed by atoms with van der Waals surface area (Å²) in [5, 5.41) is 16.9. The number of amides is 2. The van der Waals surface area contributed by atoms with Crippen LogP contribution in [0.1, 0.15) is 31.2 Å². The van der Waals surface area contributed by atoms with Crippen molar-refractivity contribution in [2.24, 2.45) is 5.10 Å². The van der Waals surface area contributed by atoms with Gasteiger partial charge in [0.15, 0.2) is 0 Å². The first-order valence-corrected chi connectivity index (χ1v) is 6.94. The third-order valence-electron chi connectivity index (χ3n) is 3.36. The lowest BCUT2D eigenvalue weighted by Gasteiger charge is -2.10. The molecule has 1 aliphatic rings. The number of hydrazone groups is 1. The molecule has 0 unspecified atom stereocenters. The van der Waals surface area contributed by atoms with Gasteiger partial charge in [0.05, 0.1) is 11.1 Å². The lowest BCUT2D eigenvalue weighted by Crippen LogP contribution is -2.42. The maximum Gasteiger partial charge on any atom is 0.329 e. The van der Waals surface area contributed by atoms with Crippen molar-refractivity contribution in [2.45, 2.75) is 31.7 Å². The maximum atomic E-state index is 11.6. The highest BCUT2D eigenvalue weighted by Gasteiger charge is 2.20. The average molecular weight is 304 g/mol. The zero-order chi connectivity index (χ0) is 15.9. The SMILES string of the molecule is O=C(N/N=C\c1cccc([N+](=O)[O-])c1)C(=O)NC1CCCC1. The summed E-state index contributed by atoms with van der Waals surface area (Å²) < 4.78 is 0. The molecule has 2 rings (SSSR count). The van der Waals surface area contributed by atoms with Crippen molar-refractivity contribution in [1.82, 2.24) is 10.7 Å². The van der Waals surface area contributed by atoms with Gasteiger partial charge in [-0.25, -0.2) is 5.43 Å². The molecule has 0 aliphatic heterocycles. The Kier molecular flexibility index (Phi) is 5.18. The number of hydrogen-bond donors (Lipinski definition) is 2. The Hall–Kier alpha value is -2.77. The molecule has 8 heteroatoms. The van der Waals surface area contributed by atoms with Crippen molar-refractivity contribution in [3.8, 4) is 0 Å². The fourth-order valence-corrected chi connectivity index (χ4v) is 2.26. The first kappa shape index (κ1) is 15.6. The summed E-state index contributed by atoms with van der Waals surface area (Å²) in [7, 11) is 0. The van der Waals surface area contributed by atoms with Crippen molar-refractivity contribution >= 4 is 23.7 Å². The normalized spacial score (nSPS) is 14.9. The van der Waals surface area contributed by atoms with Gasteiger partial charge in [-0.15, -0.1) is 0 Å². The Balaban J connectivity index is 1.85. The molecule has 0 atom stereocenters. The molecule has 1 fully saturated rings. The second-order valence-electron chi connectivity index (χ2n) is 5.01. The topological polar surface area (TPSA) is 114 Å². The van der Waals surface area contributed by atoms with Gasteiger partial charge in [0, 0.05) is 23.7 Å².